The normalized spacial score (nSPS) is 11.8. The van der Waals surface area contributed by atoms with Crippen molar-refractivity contribution in [2.45, 2.75) is 32.9 Å². The lowest BCUT2D eigenvalue weighted by Gasteiger charge is -2.17. The van der Waals surface area contributed by atoms with Crippen LogP contribution in [0.1, 0.15) is 36.3 Å². The molecule has 0 aliphatic carbocycles. The summed E-state index contributed by atoms with van der Waals surface area (Å²) in [7, 11) is 1.78. The molecule has 22 heavy (non-hydrogen) atoms. The van der Waals surface area contributed by atoms with Crippen LogP contribution < -0.4 is 5.32 Å². The van der Waals surface area contributed by atoms with E-state index in [1.165, 1.54) is 6.33 Å². The van der Waals surface area contributed by atoms with Gasteiger partial charge in [0.05, 0.1) is 0 Å². The van der Waals surface area contributed by atoms with E-state index in [4.69, 9.17) is 0 Å². The molecule has 1 heterocycles. The first-order valence-corrected chi connectivity index (χ1v) is 7.48. The van der Waals surface area contributed by atoms with E-state index < -0.39 is 0 Å². The van der Waals surface area contributed by atoms with Gasteiger partial charge >= 0.3 is 0 Å². The van der Waals surface area contributed by atoms with Crippen LogP contribution in [0.4, 0.5) is 5.82 Å². The number of benzene rings is 1. The maximum atomic E-state index is 12.5. The molecule has 2 rings (SSSR count). The highest BCUT2D eigenvalue weighted by molar-refractivity contribution is 5.92. The van der Waals surface area contributed by atoms with E-state index in [1.807, 2.05) is 30.3 Å². The van der Waals surface area contributed by atoms with Crippen LogP contribution in [0.25, 0.3) is 0 Å². The van der Waals surface area contributed by atoms with Crippen molar-refractivity contribution in [3.8, 4) is 0 Å². The lowest BCUT2D eigenvalue weighted by molar-refractivity contribution is 0.0779. The van der Waals surface area contributed by atoms with Crippen molar-refractivity contribution in [3.63, 3.8) is 0 Å². The molecule has 0 spiro atoms. The van der Waals surface area contributed by atoms with E-state index in [9.17, 15) is 4.79 Å². The zero-order chi connectivity index (χ0) is 15.9. The van der Waals surface area contributed by atoms with Gasteiger partial charge in [0.1, 0.15) is 17.8 Å². The molecule has 116 valence electrons. The van der Waals surface area contributed by atoms with Crippen LogP contribution in [0.15, 0.2) is 42.7 Å². The summed E-state index contributed by atoms with van der Waals surface area (Å²) < 4.78 is 0. The largest absolute Gasteiger partial charge is 0.368 e. The van der Waals surface area contributed by atoms with Crippen LogP contribution in [0.5, 0.6) is 0 Å². The van der Waals surface area contributed by atoms with Gasteiger partial charge < -0.3 is 10.2 Å². The van der Waals surface area contributed by atoms with Gasteiger partial charge in [-0.25, -0.2) is 9.97 Å². The number of nitrogens with one attached hydrogen (secondary N) is 1. The zero-order valence-electron chi connectivity index (χ0n) is 13.3. The van der Waals surface area contributed by atoms with Crippen LogP contribution in [0.2, 0.25) is 0 Å². The van der Waals surface area contributed by atoms with Gasteiger partial charge in [-0.3, -0.25) is 4.79 Å². The Morgan fingerprint density at radius 2 is 2.00 bits per heavy atom. The highest BCUT2D eigenvalue weighted by Crippen LogP contribution is 2.10. The molecular formula is C17H22N4O. The van der Waals surface area contributed by atoms with Crippen molar-refractivity contribution >= 4 is 11.7 Å². The number of carbonyl (C=O) groups excluding carboxylic acids is 1. The molecule has 1 N–H and O–H groups in total. The van der Waals surface area contributed by atoms with Crippen LogP contribution in [-0.4, -0.2) is 33.9 Å². The second-order valence-corrected chi connectivity index (χ2v) is 5.39. The van der Waals surface area contributed by atoms with E-state index in [1.54, 1.807) is 18.0 Å². The third-order valence-electron chi connectivity index (χ3n) is 3.50. The van der Waals surface area contributed by atoms with E-state index in [2.05, 4.69) is 29.1 Å². The molecule has 0 aliphatic heterocycles. The van der Waals surface area contributed by atoms with E-state index >= 15 is 0 Å². The maximum Gasteiger partial charge on any atom is 0.272 e. The Morgan fingerprint density at radius 3 is 2.68 bits per heavy atom. The van der Waals surface area contributed by atoms with Gasteiger partial charge in [-0.1, -0.05) is 37.3 Å². The SMILES string of the molecule is CCC(C)Nc1cc(C(=O)N(C)Cc2ccccc2)ncn1. The van der Waals surface area contributed by atoms with Crippen molar-refractivity contribution in [1.29, 1.82) is 0 Å². The second-order valence-electron chi connectivity index (χ2n) is 5.39. The van der Waals surface area contributed by atoms with E-state index in [0.717, 1.165) is 12.0 Å². The fraction of sp³-hybridized carbons (Fsp3) is 0.353. The van der Waals surface area contributed by atoms with Crippen molar-refractivity contribution in [1.82, 2.24) is 14.9 Å². The maximum absolute atomic E-state index is 12.5. The predicted molar refractivity (Wildman–Crippen MR) is 87.6 cm³/mol. The quantitative estimate of drug-likeness (QED) is 0.890. The van der Waals surface area contributed by atoms with Gasteiger partial charge in [-0.15, -0.1) is 0 Å². The van der Waals surface area contributed by atoms with Gasteiger partial charge in [0.25, 0.3) is 5.91 Å². The molecule has 1 atom stereocenters. The standard InChI is InChI=1S/C17H22N4O/c1-4-13(2)20-16-10-15(18-12-19-16)17(22)21(3)11-14-8-6-5-7-9-14/h5-10,12-13H,4,11H2,1-3H3,(H,18,19,20). The number of aromatic nitrogens is 2. The summed E-state index contributed by atoms with van der Waals surface area (Å²) in [6.07, 6.45) is 2.41. The zero-order valence-corrected chi connectivity index (χ0v) is 13.3. The molecule has 0 radical (unpaired) electrons. The summed E-state index contributed by atoms with van der Waals surface area (Å²) in [6.45, 7) is 4.72. The van der Waals surface area contributed by atoms with Gasteiger partial charge in [0.2, 0.25) is 0 Å². The summed E-state index contributed by atoms with van der Waals surface area (Å²) in [4.78, 5) is 22.4. The average Bonchev–Trinajstić information content (AvgIpc) is 2.55. The van der Waals surface area contributed by atoms with Crippen LogP contribution in [-0.2, 0) is 6.54 Å². The molecule has 1 aromatic heterocycles. The first kappa shape index (κ1) is 15.9. The minimum atomic E-state index is -0.113. The van der Waals surface area contributed by atoms with Gasteiger partial charge in [0, 0.05) is 25.7 Å². The lowest BCUT2D eigenvalue weighted by atomic mass is 10.2. The number of hydrogen-bond donors (Lipinski definition) is 1. The Hall–Kier alpha value is -2.43. The van der Waals surface area contributed by atoms with Crippen LogP contribution >= 0.6 is 0 Å². The Bertz CT molecular complexity index is 615. The summed E-state index contributed by atoms with van der Waals surface area (Å²) in [6, 6.07) is 11.9. The van der Waals surface area contributed by atoms with Gasteiger partial charge in [-0.2, -0.15) is 0 Å². The molecule has 2 aromatic rings. The van der Waals surface area contributed by atoms with Crippen molar-refractivity contribution in [2.24, 2.45) is 0 Å². The van der Waals surface area contributed by atoms with Crippen molar-refractivity contribution in [3.05, 3.63) is 54.0 Å². The predicted octanol–water partition coefficient (Wildman–Crippen LogP) is 2.96. The molecular weight excluding hydrogens is 276 g/mol. The number of anilines is 1. The molecule has 5 nitrogen and oxygen atoms in total. The van der Waals surface area contributed by atoms with Crippen LogP contribution in [0.3, 0.4) is 0 Å². The lowest BCUT2D eigenvalue weighted by Crippen LogP contribution is -2.27. The Labute approximate surface area is 131 Å². The summed E-state index contributed by atoms with van der Waals surface area (Å²) in [5, 5.41) is 3.25. The Morgan fingerprint density at radius 1 is 1.27 bits per heavy atom. The number of nitrogens with zero attached hydrogens (tertiary/aromatic N) is 3. The number of carbonyl (C=O) groups is 1. The third-order valence-corrected chi connectivity index (χ3v) is 3.50. The highest BCUT2D eigenvalue weighted by Gasteiger charge is 2.14. The Balaban J connectivity index is 2.07. The molecule has 1 aromatic carbocycles. The van der Waals surface area contributed by atoms with Crippen molar-refractivity contribution < 1.29 is 4.79 Å². The molecule has 0 saturated heterocycles. The molecule has 0 bridgehead atoms. The highest BCUT2D eigenvalue weighted by atomic mass is 16.2. The molecule has 1 unspecified atom stereocenters. The molecule has 0 fully saturated rings. The van der Waals surface area contributed by atoms with E-state index in [-0.39, 0.29) is 5.91 Å². The van der Waals surface area contributed by atoms with Crippen LogP contribution in [0, 0.1) is 0 Å². The van der Waals surface area contributed by atoms with Gasteiger partial charge in [-0.05, 0) is 18.9 Å². The summed E-state index contributed by atoms with van der Waals surface area (Å²) in [5.41, 5.74) is 1.49. The smallest absolute Gasteiger partial charge is 0.272 e. The molecule has 0 aliphatic rings. The van der Waals surface area contributed by atoms with E-state index in [0.29, 0.717) is 24.1 Å². The fourth-order valence-corrected chi connectivity index (χ4v) is 2.03. The number of rotatable bonds is 6. The average molecular weight is 298 g/mol. The molecule has 1 amide bonds. The minimum absolute atomic E-state index is 0.113. The van der Waals surface area contributed by atoms with Crippen molar-refractivity contribution in [2.75, 3.05) is 12.4 Å². The van der Waals surface area contributed by atoms with Gasteiger partial charge in [0.15, 0.2) is 0 Å². The number of hydrogen-bond acceptors (Lipinski definition) is 4. The summed E-state index contributed by atoms with van der Waals surface area (Å²) >= 11 is 0. The minimum Gasteiger partial charge on any atom is -0.368 e. The Kier molecular flexibility index (Phi) is 5.47. The second kappa shape index (κ2) is 7.54. The molecule has 5 heteroatoms. The topological polar surface area (TPSA) is 58.1 Å². The molecule has 0 saturated carbocycles. The first-order valence-electron chi connectivity index (χ1n) is 7.48. The fourth-order valence-electron chi connectivity index (χ4n) is 2.03. The summed E-state index contributed by atoms with van der Waals surface area (Å²) in [5.74, 6) is 0.569. The monoisotopic (exact) mass is 298 g/mol. The first-order chi connectivity index (χ1) is 10.6. The number of amides is 1. The third kappa shape index (κ3) is 4.28.